The highest BCUT2D eigenvalue weighted by atomic mass is 79.9. The molecule has 3 heteroatoms. The number of nitrogens with one attached hydrogen (secondary N) is 1. The van der Waals surface area contributed by atoms with Crippen LogP contribution < -0.4 is 5.32 Å². The highest BCUT2D eigenvalue weighted by Crippen LogP contribution is 2.24. The van der Waals surface area contributed by atoms with Crippen molar-refractivity contribution in [2.45, 2.75) is 32.9 Å². The molecule has 0 unspecified atom stereocenters. The van der Waals surface area contributed by atoms with Gasteiger partial charge in [-0.2, -0.15) is 0 Å². The predicted octanol–water partition coefficient (Wildman–Crippen LogP) is 3.04. The number of hydrogen-bond donors (Lipinski definition) is 2. The minimum Gasteiger partial charge on any atom is -0.507 e. The highest BCUT2D eigenvalue weighted by Gasteiger charge is 2.01. The molecule has 14 heavy (non-hydrogen) atoms. The molecule has 0 heterocycles. The first kappa shape index (κ1) is 11.5. The third kappa shape index (κ3) is 3.31. The predicted molar refractivity (Wildman–Crippen MR) is 62.4 cm³/mol. The summed E-state index contributed by atoms with van der Waals surface area (Å²) in [6, 6.07) is 6.10. The first-order valence-corrected chi connectivity index (χ1v) is 5.63. The molecule has 1 aromatic carbocycles. The van der Waals surface area contributed by atoms with Gasteiger partial charge in [-0.05, 0) is 47.0 Å². The number of benzene rings is 1. The molecule has 0 aliphatic rings. The Hall–Kier alpha value is -0.540. The molecule has 1 atom stereocenters. The van der Waals surface area contributed by atoms with Gasteiger partial charge >= 0.3 is 0 Å². The molecule has 0 fully saturated rings. The van der Waals surface area contributed by atoms with Crippen molar-refractivity contribution in [3.63, 3.8) is 0 Å². The van der Waals surface area contributed by atoms with Crippen LogP contribution in [-0.2, 0) is 6.54 Å². The molecule has 0 aliphatic heterocycles. The van der Waals surface area contributed by atoms with Gasteiger partial charge in [-0.25, -0.2) is 0 Å². The summed E-state index contributed by atoms with van der Waals surface area (Å²) < 4.78 is 0.751. The third-order valence-electron chi connectivity index (χ3n) is 2.28. The van der Waals surface area contributed by atoms with Crippen LogP contribution in [0.5, 0.6) is 5.75 Å². The van der Waals surface area contributed by atoms with Gasteiger partial charge in [0.1, 0.15) is 5.75 Å². The zero-order valence-corrected chi connectivity index (χ0v) is 10.1. The van der Waals surface area contributed by atoms with Crippen LogP contribution in [0.15, 0.2) is 22.7 Å². The average molecular weight is 258 g/mol. The van der Waals surface area contributed by atoms with Crippen LogP contribution in [0.4, 0.5) is 0 Å². The van der Waals surface area contributed by atoms with Gasteiger partial charge in [0.05, 0.1) is 4.47 Å². The zero-order chi connectivity index (χ0) is 10.6. The van der Waals surface area contributed by atoms with Crippen molar-refractivity contribution in [1.29, 1.82) is 0 Å². The maximum absolute atomic E-state index is 9.30. The summed E-state index contributed by atoms with van der Waals surface area (Å²) in [5.74, 6) is 0.289. The summed E-state index contributed by atoms with van der Waals surface area (Å²) in [6.07, 6.45) is 1.12. The van der Waals surface area contributed by atoms with Crippen molar-refractivity contribution < 1.29 is 5.11 Å². The smallest absolute Gasteiger partial charge is 0.129 e. The molecule has 0 saturated carbocycles. The summed E-state index contributed by atoms with van der Waals surface area (Å²) in [7, 11) is 0. The monoisotopic (exact) mass is 257 g/mol. The fourth-order valence-corrected chi connectivity index (χ4v) is 1.52. The number of halogens is 1. The Morgan fingerprint density at radius 3 is 2.79 bits per heavy atom. The Morgan fingerprint density at radius 1 is 1.50 bits per heavy atom. The van der Waals surface area contributed by atoms with Crippen LogP contribution in [0, 0.1) is 0 Å². The maximum atomic E-state index is 9.30. The van der Waals surface area contributed by atoms with Gasteiger partial charge in [-0.3, -0.25) is 0 Å². The van der Waals surface area contributed by atoms with Crippen LogP contribution in [0.25, 0.3) is 0 Å². The van der Waals surface area contributed by atoms with Gasteiger partial charge in [0.25, 0.3) is 0 Å². The molecule has 0 saturated heterocycles. The number of hydrogen-bond acceptors (Lipinski definition) is 2. The zero-order valence-electron chi connectivity index (χ0n) is 8.55. The van der Waals surface area contributed by atoms with E-state index >= 15 is 0 Å². The van der Waals surface area contributed by atoms with Gasteiger partial charge in [0, 0.05) is 12.6 Å². The topological polar surface area (TPSA) is 32.3 Å². The number of phenolic OH excluding ortho intramolecular Hbond substituents is 1. The Kier molecular flexibility index (Phi) is 4.42. The lowest BCUT2D eigenvalue weighted by Crippen LogP contribution is -2.24. The lowest BCUT2D eigenvalue weighted by Gasteiger charge is -2.11. The first-order valence-electron chi connectivity index (χ1n) is 4.84. The second-order valence-corrected chi connectivity index (χ2v) is 4.33. The van der Waals surface area contributed by atoms with E-state index in [0.29, 0.717) is 6.04 Å². The van der Waals surface area contributed by atoms with Crippen LogP contribution in [0.3, 0.4) is 0 Å². The summed E-state index contributed by atoms with van der Waals surface area (Å²) in [5.41, 5.74) is 1.18. The number of phenols is 1. The molecule has 0 aromatic heterocycles. The standard InChI is InChI=1S/C11H16BrNO/c1-3-8(2)13-7-9-4-5-11(14)10(12)6-9/h4-6,8,13-14H,3,7H2,1-2H3/t8-/m0/s1. The lowest BCUT2D eigenvalue weighted by atomic mass is 10.2. The van der Waals surface area contributed by atoms with E-state index in [-0.39, 0.29) is 5.75 Å². The Morgan fingerprint density at radius 2 is 2.21 bits per heavy atom. The second-order valence-electron chi connectivity index (χ2n) is 3.48. The van der Waals surface area contributed by atoms with E-state index < -0.39 is 0 Å². The average Bonchev–Trinajstić information content (AvgIpc) is 2.19. The minimum absolute atomic E-state index is 0.289. The van der Waals surface area contributed by atoms with E-state index in [1.807, 2.05) is 12.1 Å². The van der Waals surface area contributed by atoms with Crippen LogP contribution in [-0.4, -0.2) is 11.1 Å². The van der Waals surface area contributed by atoms with Gasteiger partial charge in [-0.1, -0.05) is 13.0 Å². The highest BCUT2D eigenvalue weighted by molar-refractivity contribution is 9.10. The largest absolute Gasteiger partial charge is 0.507 e. The van der Waals surface area contributed by atoms with Crippen molar-refractivity contribution in [3.05, 3.63) is 28.2 Å². The van der Waals surface area contributed by atoms with Gasteiger partial charge in [0.2, 0.25) is 0 Å². The minimum atomic E-state index is 0.289. The first-order chi connectivity index (χ1) is 6.63. The number of rotatable bonds is 4. The maximum Gasteiger partial charge on any atom is 0.129 e. The van der Waals surface area contributed by atoms with E-state index in [0.717, 1.165) is 17.4 Å². The SMILES string of the molecule is CC[C@H](C)NCc1ccc(O)c(Br)c1. The molecule has 78 valence electrons. The molecule has 0 radical (unpaired) electrons. The fraction of sp³-hybridized carbons (Fsp3) is 0.455. The Labute approximate surface area is 93.5 Å². The molecular weight excluding hydrogens is 242 g/mol. The van der Waals surface area contributed by atoms with E-state index in [1.54, 1.807) is 6.07 Å². The van der Waals surface area contributed by atoms with E-state index in [1.165, 1.54) is 5.56 Å². The van der Waals surface area contributed by atoms with Crippen molar-refractivity contribution >= 4 is 15.9 Å². The van der Waals surface area contributed by atoms with Gasteiger partial charge in [-0.15, -0.1) is 0 Å². The molecule has 1 rings (SSSR count). The molecule has 0 spiro atoms. The summed E-state index contributed by atoms with van der Waals surface area (Å²) in [6.45, 7) is 5.16. The van der Waals surface area contributed by atoms with Crippen LogP contribution in [0.1, 0.15) is 25.8 Å². The Balaban J connectivity index is 2.55. The second kappa shape index (κ2) is 5.37. The van der Waals surface area contributed by atoms with Crippen molar-refractivity contribution in [1.82, 2.24) is 5.32 Å². The molecule has 2 nitrogen and oxygen atoms in total. The molecule has 0 amide bonds. The third-order valence-corrected chi connectivity index (χ3v) is 2.91. The Bertz CT molecular complexity index is 301. The summed E-state index contributed by atoms with van der Waals surface area (Å²) >= 11 is 3.29. The lowest BCUT2D eigenvalue weighted by molar-refractivity contribution is 0.471. The van der Waals surface area contributed by atoms with E-state index in [4.69, 9.17) is 0 Å². The fourth-order valence-electron chi connectivity index (χ4n) is 1.10. The molecule has 2 N–H and O–H groups in total. The van der Waals surface area contributed by atoms with E-state index in [9.17, 15) is 5.11 Å². The number of aromatic hydroxyl groups is 1. The quantitative estimate of drug-likeness (QED) is 0.870. The normalized spacial score (nSPS) is 12.8. The van der Waals surface area contributed by atoms with Crippen LogP contribution in [0.2, 0.25) is 0 Å². The van der Waals surface area contributed by atoms with Gasteiger partial charge in [0.15, 0.2) is 0 Å². The molecular formula is C11H16BrNO. The van der Waals surface area contributed by atoms with Crippen molar-refractivity contribution in [2.75, 3.05) is 0 Å². The summed E-state index contributed by atoms with van der Waals surface area (Å²) in [4.78, 5) is 0. The van der Waals surface area contributed by atoms with Gasteiger partial charge < -0.3 is 10.4 Å². The molecule has 0 bridgehead atoms. The van der Waals surface area contributed by atoms with Crippen LogP contribution >= 0.6 is 15.9 Å². The van der Waals surface area contributed by atoms with Crippen molar-refractivity contribution in [3.8, 4) is 5.75 Å². The summed E-state index contributed by atoms with van der Waals surface area (Å²) in [5, 5.41) is 12.7. The molecule has 0 aliphatic carbocycles. The van der Waals surface area contributed by atoms with E-state index in [2.05, 4.69) is 35.1 Å². The van der Waals surface area contributed by atoms with Crippen molar-refractivity contribution in [2.24, 2.45) is 0 Å². The molecule has 1 aromatic rings.